The van der Waals surface area contributed by atoms with E-state index < -0.39 is 38.6 Å². The van der Waals surface area contributed by atoms with Crippen LogP contribution in [0, 0.1) is 13.8 Å². The summed E-state index contributed by atoms with van der Waals surface area (Å²) >= 11 is 0.650. The lowest BCUT2D eigenvalue weighted by molar-refractivity contribution is -0.148. The summed E-state index contributed by atoms with van der Waals surface area (Å²) in [5.41, 5.74) is 3.01. The SMILES string of the molecule is Cc1ccc(CNc2cc(S(=O)(=O)NC3(C)CC3)cn3c(-c4nnc(C(F)F)s4)nc(/C=C/C(=O)OC(C)(C)C)c23)cc1C. The van der Waals surface area contributed by atoms with Gasteiger partial charge in [-0.25, -0.2) is 31.7 Å². The first kappa shape index (κ1) is 31.7. The average molecular weight is 645 g/mol. The largest absolute Gasteiger partial charge is 0.457 e. The van der Waals surface area contributed by atoms with Gasteiger partial charge in [0.15, 0.2) is 15.8 Å². The van der Waals surface area contributed by atoms with Crippen molar-refractivity contribution in [2.75, 3.05) is 5.32 Å². The Bertz CT molecular complexity index is 1870. The first-order valence-corrected chi connectivity index (χ1v) is 16.3. The van der Waals surface area contributed by atoms with Gasteiger partial charge in [0.1, 0.15) is 10.5 Å². The third-order valence-electron chi connectivity index (χ3n) is 7.08. The minimum absolute atomic E-state index is 0.0550. The number of nitrogens with zero attached hydrogens (tertiary/aromatic N) is 4. The number of rotatable bonds is 10. The van der Waals surface area contributed by atoms with Gasteiger partial charge >= 0.3 is 5.97 Å². The highest BCUT2D eigenvalue weighted by atomic mass is 32.2. The molecule has 4 aromatic rings. The van der Waals surface area contributed by atoms with Crippen LogP contribution in [0.4, 0.5) is 14.5 Å². The maximum absolute atomic E-state index is 13.6. The van der Waals surface area contributed by atoms with E-state index in [-0.39, 0.29) is 21.4 Å². The summed E-state index contributed by atoms with van der Waals surface area (Å²) < 4.78 is 63.7. The Hall–Kier alpha value is -3.75. The maximum Gasteiger partial charge on any atom is 0.331 e. The number of anilines is 1. The van der Waals surface area contributed by atoms with Crippen molar-refractivity contribution in [1.82, 2.24) is 24.3 Å². The molecule has 44 heavy (non-hydrogen) atoms. The van der Waals surface area contributed by atoms with Crippen molar-refractivity contribution in [3.05, 3.63) is 63.9 Å². The second kappa shape index (κ2) is 11.6. The lowest BCUT2D eigenvalue weighted by Gasteiger charge is -2.17. The van der Waals surface area contributed by atoms with E-state index in [0.29, 0.717) is 41.9 Å². The number of benzene rings is 1. The number of hydrogen-bond acceptors (Lipinski definition) is 9. The predicted molar refractivity (Wildman–Crippen MR) is 165 cm³/mol. The van der Waals surface area contributed by atoms with Crippen molar-refractivity contribution in [2.24, 2.45) is 0 Å². The van der Waals surface area contributed by atoms with Crippen LogP contribution in [0.1, 0.15) is 74.4 Å². The van der Waals surface area contributed by atoms with Gasteiger partial charge in [0.2, 0.25) is 10.0 Å². The fourth-order valence-corrected chi connectivity index (χ4v) is 6.62. The number of hydrogen-bond donors (Lipinski definition) is 2. The number of carbonyl (C=O) groups excluding carboxylic acids is 1. The molecular formula is C30H34F2N6O4S2. The molecule has 10 nitrogen and oxygen atoms in total. The second-order valence-electron chi connectivity index (χ2n) is 12.2. The van der Waals surface area contributed by atoms with Crippen molar-refractivity contribution in [3.8, 4) is 10.8 Å². The molecule has 0 bridgehead atoms. The van der Waals surface area contributed by atoms with Gasteiger partial charge < -0.3 is 10.1 Å². The number of nitrogens with one attached hydrogen (secondary N) is 2. The molecule has 0 radical (unpaired) electrons. The van der Waals surface area contributed by atoms with E-state index in [2.05, 4.69) is 25.2 Å². The van der Waals surface area contributed by atoms with E-state index in [9.17, 15) is 22.0 Å². The Morgan fingerprint density at radius 1 is 1.18 bits per heavy atom. The van der Waals surface area contributed by atoms with Crippen molar-refractivity contribution < 1.29 is 26.7 Å². The number of ether oxygens (including phenoxy) is 1. The van der Waals surface area contributed by atoms with E-state index in [1.807, 2.05) is 39.0 Å². The molecule has 1 fully saturated rings. The number of aromatic nitrogens is 4. The topological polar surface area (TPSA) is 128 Å². The smallest absolute Gasteiger partial charge is 0.331 e. The molecule has 1 aliphatic carbocycles. The van der Waals surface area contributed by atoms with Crippen LogP contribution in [0.3, 0.4) is 0 Å². The number of pyridine rings is 1. The zero-order valence-corrected chi connectivity index (χ0v) is 26.9. The number of halogens is 2. The summed E-state index contributed by atoms with van der Waals surface area (Å²) in [5, 5.41) is 10.4. The van der Waals surface area contributed by atoms with E-state index in [1.54, 1.807) is 20.8 Å². The lowest BCUT2D eigenvalue weighted by Crippen LogP contribution is -2.34. The van der Waals surface area contributed by atoms with Crippen LogP contribution in [-0.4, -0.2) is 45.1 Å². The third-order valence-corrected chi connectivity index (χ3v) is 9.62. The van der Waals surface area contributed by atoms with Crippen LogP contribution in [0.15, 0.2) is 41.4 Å². The summed E-state index contributed by atoms with van der Waals surface area (Å²) in [7, 11) is -3.99. The highest BCUT2D eigenvalue weighted by molar-refractivity contribution is 7.89. The van der Waals surface area contributed by atoms with Crippen molar-refractivity contribution in [2.45, 2.75) is 83.4 Å². The summed E-state index contributed by atoms with van der Waals surface area (Å²) in [4.78, 5) is 17.1. The van der Waals surface area contributed by atoms with Gasteiger partial charge in [0, 0.05) is 24.4 Å². The quantitative estimate of drug-likeness (QED) is 0.154. The molecule has 2 N–H and O–H groups in total. The van der Waals surface area contributed by atoms with Crippen LogP contribution in [0.2, 0.25) is 0 Å². The monoisotopic (exact) mass is 644 g/mol. The molecule has 3 aromatic heterocycles. The standard InChI is InChI=1S/C30H34F2N6O4S2/c1-17-7-8-19(13-18(17)2)15-33-22-14-20(44(40,41)37-30(6)11-12-30)16-38-24(22)21(9-10-23(39)42-29(3,4)5)34-26(38)28-36-35-27(43-28)25(31)32/h7-10,13-14,16,25,33,37H,11-12,15H2,1-6H3/b10-9+. The molecule has 0 unspecified atom stereocenters. The minimum Gasteiger partial charge on any atom is -0.457 e. The number of esters is 1. The molecule has 1 aromatic carbocycles. The van der Waals surface area contributed by atoms with Crippen molar-refractivity contribution >= 4 is 44.6 Å². The molecule has 1 aliphatic rings. The Morgan fingerprint density at radius 3 is 2.52 bits per heavy atom. The zero-order valence-electron chi connectivity index (χ0n) is 25.2. The molecule has 5 rings (SSSR count). The summed E-state index contributed by atoms with van der Waals surface area (Å²) in [6, 6.07) is 7.52. The first-order chi connectivity index (χ1) is 20.5. The van der Waals surface area contributed by atoms with Crippen LogP contribution in [0.25, 0.3) is 22.4 Å². The van der Waals surface area contributed by atoms with Crippen LogP contribution in [-0.2, 0) is 26.1 Å². The second-order valence-corrected chi connectivity index (χ2v) is 14.9. The Labute approximate surface area is 258 Å². The van der Waals surface area contributed by atoms with Crippen LogP contribution >= 0.6 is 11.3 Å². The number of carbonyl (C=O) groups is 1. The fourth-order valence-electron chi connectivity index (χ4n) is 4.45. The molecule has 0 saturated heterocycles. The molecule has 14 heteroatoms. The van der Waals surface area contributed by atoms with Crippen molar-refractivity contribution in [3.63, 3.8) is 0 Å². The fraction of sp³-hybridized carbons (Fsp3) is 0.400. The number of aryl methyl sites for hydroxylation is 2. The molecule has 0 spiro atoms. The van der Waals surface area contributed by atoms with Gasteiger partial charge in [-0.1, -0.05) is 29.5 Å². The van der Waals surface area contributed by atoms with Gasteiger partial charge in [0.05, 0.1) is 16.9 Å². The number of fused-ring (bicyclic) bond motifs is 1. The molecule has 1 saturated carbocycles. The number of imidazole rings is 1. The summed E-state index contributed by atoms with van der Waals surface area (Å²) in [6.45, 7) is 11.4. The third kappa shape index (κ3) is 7.13. The van der Waals surface area contributed by atoms with Crippen LogP contribution in [0.5, 0.6) is 0 Å². The van der Waals surface area contributed by atoms with Crippen LogP contribution < -0.4 is 10.0 Å². The molecule has 0 atom stereocenters. The first-order valence-electron chi connectivity index (χ1n) is 14.0. The highest BCUT2D eigenvalue weighted by Crippen LogP contribution is 2.38. The minimum atomic E-state index is -3.99. The molecule has 234 valence electrons. The lowest BCUT2D eigenvalue weighted by atomic mass is 10.1. The zero-order chi connectivity index (χ0) is 32.0. The molecular weight excluding hydrogens is 610 g/mol. The Balaban J connectivity index is 1.69. The molecule has 0 aliphatic heterocycles. The highest BCUT2D eigenvalue weighted by Gasteiger charge is 2.41. The summed E-state index contributed by atoms with van der Waals surface area (Å²) in [6.07, 6.45) is 2.62. The normalized spacial score (nSPS) is 14.9. The Kier molecular flexibility index (Phi) is 8.37. The van der Waals surface area contributed by atoms with Gasteiger partial charge in [-0.2, -0.15) is 0 Å². The van der Waals surface area contributed by atoms with E-state index in [1.165, 1.54) is 28.8 Å². The number of sulfonamides is 1. The van der Waals surface area contributed by atoms with E-state index in [4.69, 9.17) is 4.74 Å². The summed E-state index contributed by atoms with van der Waals surface area (Å²) in [5.74, 6) is -0.515. The van der Waals surface area contributed by atoms with Gasteiger partial charge in [-0.3, -0.25) is 4.40 Å². The van der Waals surface area contributed by atoms with Gasteiger partial charge in [-0.05, 0) is 83.2 Å². The predicted octanol–water partition coefficient (Wildman–Crippen LogP) is 6.21. The molecule has 3 heterocycles. The van der Waals surface area contributed by atoms with E-state index in [0.717, 1.165) is 16.7 Å². The Morgan fingerprint density at radius 2 is 1.91 bits per heavy atom. The van der Waals surface area contributed by atoms with Gasteiger partial charge in [-0.15, -0.1) is 10.2 Å². The molecule has 0 amide bonds. The van der Waals surface area contributed by atoms with Crippen molar-refractivity contribution in [1.29, 1.82) is 0 Å². The van der Waals surface area contributed by atoms with E-state index >= 15 is 0 Å². The average Bonchev–Trinajstić information content (AvgIpc) is 3.30. The number of alkyl halides is 2. The van der Waals surface area contributed by atoms with Gasteiger partial charge in [0.25, 0.3) is 6.43 Å². The maximum atomic E-state index is 13.6.